The van der Waals surface area contributed by atoms with Crippen LogP contribution in [0.2, 0.25) is 0 Å². The lowest BCUT2D eigenvalue weighted by molar-refractivity contribution is -0.394. The Morgan fingerprint density at radius 3 is 1.23 bits per heavy atom. The first kappa shape index (κ1) is 22.5. The number of non-ortho nitro benzene ring substituents is 2. The molecule has 0 spiro atoms. The van der Waals surface area contributed by atoms with E-state index in [0.717, 1.165) is 13.8 Å². The maximum Gasteiger partial charge on any atom is 0.346 e. The van der Waals surface area contributed by atoms with E-state index in [1.807, 2.05) is 0 Å². The fraction of sp³-hybridized carbons (Fsp3) is 0.125. The van der Waals surface area contributed by atoms with Crippen LogP contribution in [0.5, 0.6) is 0 Å². The van der Waals surface area contributed by atoms with Crippen LogP contribution in [-0.2, 0) is 4.74 Å². The average Bonchev–Trinajstić information content (AvgIpc) is 2.66. The third-order valence-corrected chi connectivity index (χ3v) is 4.17. The van der Waals surface area contributed by atoms with Gasteiger partial charge in [-0.1, -0.05) is 0 Å². The summed E-state index contributed by atoms with van der Waals surface area (Å²) in [6.45, 7) is 2.18. The van der Waals surface area contributed by atoms with Gasteiger partial charge >= 0.3 is 11.9 Å². The first-order chi connectivity index (χ1) is 14.3. The number of nitro groups is 4. The van der Waals surface area contributed by atoms with E-state index >= 15 is 0 Å². The van der Waals surface area contributed by atoms with Crippen LogP contribution in [0.25, 0.3) is 0 Å². The standard InChI is InChI=1S/C16H10N4O11/c1-7-11(3-9(17(23)24)5-13(7)19(27)28)15(21)31-16(22)12-4-10(18(25)26)6-14(8(12)2)20(29)30/h3-6H,1-2H3. The van der Waals surface area contributed by atoms with E-state index in [1.54, 1.807) is 0 Å². The second-order valence-corrected chi connectivity index (χ2v) is 5.98. The molecule has 0 aliphatic carbocycles. The molecule has 160 valence electrons. The molecule has 0 fully saturated rings. The van der Waals surface area contributed by atoms with Gasteiger partial charge in [0.05, 0.1) is 43.0 Å². The number of ether oxygens (including phenoxy) is 1. The van der Waals surface area contributed by atoms with Crippen LogP contribution in [0.1, 0.15) is 31.8 Å². The third kappa shape index (κ3) is 4.44. The number of benzene rings is 2. The molecular weight excluding hydrogens is 424 g/mol. The van der Waals surface area contributed by atoms with E-state index < -0.39 is 65.5 Å². The summed E-state index contributed by atoms with van der Waals surface area (Å²) in [5.41, 5.74) is -5.23. The van der Waals surface area contributed by atoms with Crippen molar-refractivity contribution in [3.05, 3.63) is 87.0 Å². The zero-order valence-corrected chi connectivity index (χ0v) is 15.6. The Morgan fingerprint density at radius 2 is 0.968 bits per heavy atom. The van der Waals surface area contributed by atoms with Crippen molar-refractivity contribution in [3.8, 4) is 0 Å². The highest BCUT2D eigenvalue weighted by atomic mass is 16.6. The van der Waals surface area contributed by atoms with E-state index in [2.05, 4.69) is 4.74 Å². The summed E-state index contributed by atoms with van der Waals surface area (Å²) in [4.78, 5) is 65.0. The highest BCUT2D eigenvalue weighted by molar-refractivity contribution is 6.05. The van der Waals surface area contributed by atoms with Gasteiger partial charge in [0, 0.05) is 23.3 Å². The summed E-state index contributed by atoms with van der Waals surface area (Å²) in [7, 11) is 0. The summed E-state index contributed by atoms with van der Waals surface area (Å²) in [6.07, 6.45) is 0. The van der Waals surface area contributed by atoms with Gasteiger partial charge < -0.3 is 4.74 Å². The van der Waals surface area contributed by atoms with Gasteiger partial charge in [-0.05, 0) is 13.8 Å². The van der Waals surface area contributed by atoms with E-state index in [4.69, 9.17) is 0 Å². The molecule has 0 saturated carbocycles. The highest BCUT2D eigenvalue weighted by Crippen LogP contribution is 2.31. The Balaban J connectivity index is 2.54. The summed E-state index contributed by atoms with van der Waals surface area (Å²) in [5, 5.41) is 44.2. The number of rotatable bonds is 6. The highest BCUT2D eigenvalue weighted by Gasteiger charge is 2.30. The number of carbonyl (C=O) groups excluding carboxylic acids is 2. The van der Waals surface area contributed by atoms with Crippen LogP contribution in [0.4, 0.5) is 22.7 Å². The van der Waals surface area contributed by atoms with E-state index in [-0.39, 0.29) is 11.1 Å². The van der Waals surface area contributed by atoms with Crippen molar-refractivity contribution in [2.75, 3.05) is 0 Å². The summed E-state index contributed by atoms with van der Waals surface area (Å²) < 4.78 is 4.55. The summed E-state index contributed by atoms with van der Waals surface area (Å²) >= 11 is 0. The van der Waals surface area contributed by atoms with Crippen LogP contribution >= 0.6 is 0 Å². The van der Waals surface area contributed by atoms with Crippen LogP contribution < -0.4 is 0 Å². The number of esters is 2. The fourth-order valence-electron chi connectivity index (χ4n) is 2.58. The minimum atomic E-state index is -1.53. The van der Waals surface area contributed by atoms with Gasteiger partial charge in [0.2, 0.25) is 0 Å². The predicted molar refractivity (Wildman–Crippen MR) is 98.7 cm³/mol. The monoisotopic (exact) mass is 434 g/mol. The van der Waals surface area contributed by atoms with Crippen molar-refractivity contribution in [2.45, 2.75) is 13.8 Å². The van der Waals surface area contributed by atoms with Crippen molar-refractivity contribution in [2.24, 2.45) is 0 Å². The van der Waals surface area contributed by atoms with Crippen molar-refractivity contribution in [1.29, 1.82) is 0 Å². The minimum Gasteiger partial charge on any atom is -0.386 e. The molecule has 15 heteroatoms. The SMILES string of the molecule is Cc1c(C(=O)OC(=O)c2cc([N+](=O)[O-])cc([N+](=O)[O-])c2C)cc([N+](=O)[O-])cc1[N+](=O)[O-]. The number of hydrogen-bond acceptors (Lipinski definition) is 11. The van der Waals surface area contributed by atoms with Gasteiger partial charge in [0.25, 0.3) is 22.7 Å². The molecule has 0 aliphatic heterocycles. The maximum absolute atomic E-state index is 12.4. The minimum absolute atomic E-state index is 0.338. The lowest BCUT2D eigenvalue weighted by Crippen LogP contribution is -2.16. The average molecular weight is 434 g/mol. The summed E-state index contributed by atoms with van der Waals surface area (Å²) in [5.74, 6) is -3.05. The first-order valence-electron chi connectivity index (χ1n) is 7.98. The van der Waals surface area contributed by atoms with Crippen molar-refractivity contribution in [3.63, 3.8) is 0 Å². The molecule has 0 aromatic heterocycles. The van der Waals surface area contributed by atoms with Gasteiger partial charge in [0.1, 0.15) is 0 Å². The molecule has 0 amide bonds. The first-order valence-corrected chi connectivity index (χ1v) is 7.98. The van der Waals surface area contributed by atoms with Gasteiger partial charge in [-0.3, -0.25) is 40.5 Å². The molecule has 2 aromatic rings. The molecular formula is C16H10N4O11. The Bertz CT molecular complexity index is 1100. The van der Waals surface area contributed by atoms with Crippen LogP contribution in [0.3, 0.4) is 0 Å². The Labute approximate surface area is 170 Å². The molecule has 0 radical (unpaired) electrons. The quantitative estimate of drug-likeness (QED) is 0.278. The summed E-state index contributed by atoms with van der Waals surface area (Å²) in [6, 6.07) is 2.53. The topological polar surface area (TPSA) is 216 Å². The van der Waals surface area contributed by atoms with Crippen molar-refractivity contribution in [1.82, 2.24) is 0 Å². The van der Waals surface area contributed by atoms with Crippen LogP contribution in [-0.4, -0.2) is 31.6 Å². The second kappa shape index (κ2) is 8.27. The largest absolute Gasteiger partial charge is 0.386 e. The van der Waals surface area contributed by atoms with E-state index in [1.165, 1.54) is 0 Å². The molecule has 0 N–H and O–H groups in total. The second-order valence-electron chi connectivity index (χ2n) is 5.98. The molecule has 2 rings (SSSR count). The number of carbonyl (C=O) groups is 2. The molecule has 0 saturated heterocycles. The molecule has 0 aliphatic rings. The predicted octanol–water partition coefficient (Wildman–Crippen LogP) is 2.93. The molecule has 31 heavy (non-hydrogen) atoms. The third-order valence-electron chi connectivity index (χ3n) is 4.17. The number of nitro benzene ring substituents is 4. The van der Waals surface area contributed by atoms with Crippen LogP contribution in [0, 0.1) is 54.3 Å². The molecule has 0 heterocycles. The van der Waals surface area contributed by atoms with Crippen molar-refractivity contribution < 1.29 is 34.0 Å². The van der Waals surface area contributed by atoms with E-state index in [0.29, 0.717) is 24.3 Å². The van der Waals surface area contributed by atoms with Gasteiger partial charge in [-0.2, -0.15) is 0 Å². The zero-order valence-electron chi connectivity index (χ0n) is 15.6. The number of hydrogen-bond donors (Lipinski definition) is 0. The van der Waals surface area contributed by atoms with E-state index in [9.17, 15) is 50.0 Å². The molecule has 0 atom stereocenters. The maximum atomic E-state index is 12.4. The number of nitrogens with zero attached hydrogens (tertiary/aromatic N) is 4. The Morgan fingerprint density at radius 1 is 0.645 bits per heavy atom. The van der Waals surface area contributed by atoms with Crippen LogP contribution in [0.15, 0.2) is 24.3 Å². The smallest absolute Gasteiger partial charge is 0.346 e. The molecule has 2 aromatic carbocycles. The Hall–Kier alpha value is -4.82. The molecule has 0 bridgehead atoms. The zero-order chi connectivity index (χ0) is 23.6. The van der Waals surface area contributed by atoms with Gasteiger partial charge in [-0.15, -0.1) is 0 Å². The van der Waals surface area contributed by atoms with Crippen molar-refractivity contribution >= 4 is 34.7 Å². The Kier molecular flexibility index (Phi) is 6.00. The normalized spacial score (nSPS) is 10.3. The molecule has 15 nitrogen and oxygen atoms in total. The lowest BCUT2D eigenvalue weighted by atomic mass is 10.0. The fourth-order valence-corrected chi connectivity index (χ4v) is 2.58. The lowest BCUT2D eigenvalue weighted by Gasteiger charge is -2.08. The van der Waals surface area contributed by atoms with Gasteiger partial charge in [-0.25, -0.2) is 9.59 Å². The van der Waals surface area contributed by atoms with Gasteiger partial charge in [0.15, 0.2) is 0 Å². The molecule has 0 unspecified atom stereocenters.